The fourth-order valence-corrected chi connectivity index (χ4v) is 8.54. The van der Waals surface area contributed by atoms with E-state index >= 15 is 0 Å². The average molecular weight is 758 g/mol. The van der Waals surface area contributed by atoms with Gasteiger partial charge in [-0.3, -0.25) is 4.79 Å². The molecule has 7 nitrogen and oxygen atoms in total. The third-order valence-electron chi connectivity index (χ3n) is 11.8. The normalized spacial score (nSPS) is 23.2. The van der Waals surface area contributed by atoms with Crippen molar-refractivity contribution >= 4 is 22.6 Å². The van der Waals surface area contributed by atoms with E-state index in [-0.39, 0.29) is 30.6 Å². The molecule has 0 spiro atoms. The highest BCUT2D eigenvalue weighted by Gasteiger charge is 2.57. The van der Waals surface area contributed by atoms with E-state index in [9.17, 15) is 33.0 Å². The minimum atomic E-state index is -4.63. The summed E-state index contributed by atoms with van der Waals surface area (Å²) < 4.78 is 52.6. The van der Waals surface area contributed by atoms with Crippen molar-refractivity contribution in [2.45, 2.75) is 89.0 Å². The molecule has 55 heavy (non-hydrogen) atoms. The lowest BCUT2D eigenvalue weighted by Crippen LogP contribution is -2.54. The number of hydrogen-bond acceptors (Lipinski definition) is 6. The van der Waals surface area contributed by atoms with Crippen LogP contribution < -0.4 is 4.74 Å². The van der Waals surface area contributed by atoms with Gasteiger partial charge in [-0.05, 0) is 116 Å². The van der Waals surface area contributed by atoms with E-state index in [2.05, 4.69) is 6.08 Å². The predicted molar refractivity (Wildman–Crippen MR) is 206 cm³/mol. The zero-order valence-electron chi connectivity index (χ0n) is 31.7. The largest absolute Gasteiger partial charge is 0.416 e. The number of fused-ring (bicyclic) bond motifs is 9. The van der Waals surface area contributed by atoms with E-state index in [1.165, 1.54) is 17.0 Å². The number of halogens is 3. The molecule has 7 rings (SSSR count). The standard InChI is InChI=1S/C45H50F3NO6/c1-30-9-7-21-43(2)40(38-19-15-31(25-36(50)17-14-30)26-39(38)41(51)34-12-6-13-35(27-34)45(46,47)48)20-22-44(43,53)29-49(23-8-24-54-3)42(52)55-37-18-16-32-10-4-5-11-33(32)28-37/h4-6,9-13,15-16,18-19,26-28,36,40,50,53H,7-8,14,17,20-25,29H2,1-3H3/t36-,40-,43-,44+/m0/s1. The van der Waals surface area contributed by atoms with Gasteiger partial charge in [-0.1, -0.05) is 73.2 Å². The van der Waals surface area contributed by atoms with E-state index in [1.54, 1.807) is 25.3 Å². The molecule has 292 valence electrons. The van der Waals surface area contributed by atoms with Gasteiger partial charge < -0.3 is 24.6 Å². The molecule has 1 fully saturated rings. The summed E-state index contributed by atoms with van der Waals surface area (Å²) >= 11 is 0. The van der Waals surface area contributed by atoms with Crippen molar-refractivity contribution in [1.29, 1.82) is 0 Å². The number of hydrogen-bond donors (Lipinski definition) is 2. The van der Waals surface area contributed by atoms with Crippen LogP contribution in [0.1, 0.15) is 97.3 Å². The summed E-state index contributed by atoms with van der Waals surface area (Å²) in [5.74, 6) is -0.571. The molecule has 4 atom stereocenters. The van der Waals surface area contributed by atoms with Gasteiger partial charge in [0.15, 0.2) is 5.78 Å². The van der Waals surface area contributed by atoms with Gasteiger partial charge in [-0.2, -0.15) is 13.2 Å². The van der Waals surface area contributed by atoms with Crippen LogP contribution in [0.2, 0.25) is 0 Å². The van der Waals surface area contributed by atoms with Crippen LogP contribution in [-0.4, -0.2) is 65.5 Å². The first kappa shape index (κ1) is 40.2. The summed E-state index contributed by atoms with van der Waals surface area (Å²) in [6, 6.07) is 23.0. The lowest BCUT2D eigenvalue weighted by atomic mass is 9.64. The first-order chi connectivity index (χ1) is 26.2. The van der Waals surface area contributed by atoms with Crippen LogP contribution in [0.3, 0.4) is 0 Å². The van der Waals surface area contributed by atoms with Gasteiger partial charge in [0.25, 0.3) is 0 Å². The molecule has 0 unspecified atom stereocenters. The average Bonchev–Trinajstić information content (AvgIpc) is 3.41. The number of benzene rings is 4. The van der Waals surface area contributed by atoms with Crippen molar-refractivity contribution in [3.8, 4) is 5.75 Å². The van der Waals surface area contributed by atoms with E-state index in [0.29, 0.717) is 68.4 Å². The van der Waals surface area contributed by atoms with Crippen LogP contribution in [0.4, 0.5) is 18.0 Å². The number of alkyl halides is 3. The molecule has 1 amide bonds. The Morgan fingerprint density at radius 1 is 0.945 bits per heavy atom. The Hall–Kier alpha value is -4.51. The lowest BCUT2D eigenvalue weighted by molar-refractivity contribution is -0.137. The van der Waals surface area contributed by atoms with Gasteiger partial charge in [0.2, 0.25) is 0 Å². The second kappa shape index (κ2) is 16.7. The smallest absolute Gasteiger partial charge is 0.410 e. The minimum Gasteiger partial charge on any atom is -0.410 e. The van der Waals surface area contributed by atoms with Crippen LogP contribution in [-0.2, 0) is 17.3 Å². The molecule has 3 aliphatic rings. The summed E-state index contributed by atoms with van der Waals surface area (Å²) in [7, 11) is 1.59. The monoisotopic (exact) mass is 757 g/mol. The van der Waals surface area contributed by atoms with Gasteiger partial charge in [-0.25, -0.2) is 4.79 Å². The third-order valence-corrected chi connectivity index (χ3v) is 11.8. The number of aliphatic hydroxyl groups excluding tert-OH is 1. The van der Waals surface area contributed by atoms with E-state index in [4.69, 9.17) is 9.47 Å². The van der Waals surface area contributed by atoms with Crippen molar-refractivity contribution < 1.29 is 42.4 Å². The van der Waals surface area contributed by atoms with Crippen molar-refractivity contribution in [3.63, 3.8) is 0 Å². The van der Waals surface area contributed by atoms with Crippen molar-refractivity contribution in [3.05, 3.63) is 124 Å². The zero-order valence-corrected chi connectivity index (χ0v) is 31.7. The number of carbonyl (C=O) groups excluding carboxylic acids is 2. The van der Waals surface area contributed by atoms with Crippen molar-refractivity contribution in [1.82, 2.24) is 4.90 Å². The van der Waals surface area contributed by atoms with Crippen LogP contribution in [0.5, 0.6) is 5.75 Å². The van der Waals surface area contributed by atoms with E-state index < -0.39 is 46.7 Å². The Balaban J connectivity index is 1.39. The first-order valence-corrected chi connectivity index (χ1v) is 19.1. The van der Waals surface area contributed by atoms with Crippen LogP contribution in [0.25, 0.3) is 10.8 Å². The number of allylic oxidation sites excluding steroid dienone is 2. The summed E-state index contributed by atoms with van der Waals surface area (Å²) in [4.78, 5) is 29.8. The molecule has 0 aromatic heterocycles. The number of methoxy groups -OCH3 is 1. The number of ether oxygens (including phenoxy) is 2. The van der Waals surface area contributed by atoms with E-state index in [1.807, 2.05) is 56.3 Å². The lowest BCUT2D eigenvalue weighted by Gasteiger charge is -2.46. The molecule has 0 aliphatic heterocycles. The fraction of sp³-hybridized carbons (Fsp3) is 0.422. The summed E-state index contributed by atoms with van der Waals surface area (Å²) in [6.07, 6.45) is 0.0219. The number of aliphatic hydroxyl groups is 2. The molecule has 4 aromatic rings. The van der Waals surface area contributed by atoms with E-state index in [0.717, 1.165) is 28.5 Å². The second-order valence-corrected chi connectivity index (χ2v) is 15.5. The van der Waals surface area contributed by atoms with Gasteiger partial charge in [0, 0.05) is 36.8 Å². The van der Waals surface area contributed by atoms with Crippen molar-refractivity contribution in [2.24, 2.45) is 5.41 Å². The maximum atomic E-state index is 14.3. The van der Waals surface area contributed by atoms with Gasteiger partial charge in [-0.15, -0.1) is 0 Å². The fourth-order valence-electron chi connectivity index (χ4n) is 8.54. The number of amides is 1. The quantitative estimate of drug-likeness (QED) is 0.100. The maximum absolute atomic E-state index is 14.3. The minimum absolute atomic E-state index is 0.0417. The first-order valence-electron chi connectivity index (χ1n) is 19.1. The molecule has 10 heteroatoms. The highest BCUT2D eigenvalue weighted by molar-refractivity contribution is 6.10. The zero-order chi connectivity index (χ0) is 39.4. The van der Waals surface area contributed by atoms with Crippen molar-refractivity contribution in [2.75, 3.05) is 26.8 Å². The molecule has 0 saturated heterocycles. The summed E-state index contributed by atoms with van der Waals surface area (Å²) in [6.45, 7) is 4.64. The molecule has 0 radical (unpaired) electrons. The Morgan fingerprint density at radius 3 is 2.49 bits per heavy atom. The molecular formula is C45H50F3NO6. The molecule has 1 saturated carbocycles. The van der Waals surface area contributed by atoms with Gasteiger partial charge >= 0.3 is 12.3 Å². The highest BCUT2D eigenvalue weighted by Crippen LogP contribution is 2.59. The third kappa shape index (κ3) is 8.98. The van der Waals surface area contributed by atoms with Gasteiger partial charge in [0.05, 0.1) is 23.8 Å². The molecule has 2 N–H and O–H groups in total. The number of carbonyl (C=O) groups is 2. The second-order valence-electron chi connectivity index (χ2n) is 15.5. The molecule has 4 aromatic carbocycles. The summed E-state index contributed by atoms with van der Waals surface area (Å²) in [5.41, 5.74) is -0.641. The Bertz CT molecular complexity index is 2040. The molecular weight excluding hydrogens is 707 g/mol. The Morgan fingerprint density at radius 2 is 1.73 bits per heavy atom. The number of rotatable bonds is 9. The van der Waals surface area contributed by atoms with Crippen LogP contribution >= 0.6 is 0 Å². The molecule has 0 heterocycles. The Kier molecular flexibility index (Phi) is 12.2. The van der Waals surface area contributed by atoms with Crippen LogP contribution in [0.15, 0.2) is 96.6 Å². The topological polar surface area (TPSA) is 96.3 Å². The van der Waals surface area contributed by atoms with Gasteiger partial charge in [0.1, 0.15) is 5.75 Å². The summed E-state index contributed by atoms with van der Waals surface area (Å²) in [5, 5.41) is 25.8. The molecule has 3 aliphatic carbocycles. The highest BCUT2D eigenvalue weighted by atomic mass is 19.4. The number of nitrogens with zero attached hydrogens (tertiary/aromatic N) is 1. The van der Waals surface area contributed by atoms with Crippen LogP contribution in [0, 0.1) is 5.41 Å². The molecule has 2 bridgehead atoms. The Labute approximate surface area is 320 Å². The predicted octanol–water partition coefficient (Wildman–Crippen LogP) is 9.67. The number of ketones is 1. The maximum Gasteiger partial charge on any atom is 0.416 e. The SMILES string of the molecule is COCCCN(C[C@]1(O)CC[C@H]2c3ccc(cc3C(=O)c3cccc(C(F)(F)F)c3)C[C@@H](O)CCC(C)=CCC[C@@]21C)C(=O)Oc1ccc2ccccc2c1.